The molecule has 0 bridgehead atoms. The van der Waals surface area contributed by atoms with Crippen LogP contribution in [-0.2, 0) is 10.0 Å². The lowest BCUT2D eigenvalue weighted by molar-refractivity contribution is 0.412. The Bertz CT molecular complexity index is 506. The predicted octanol–water partition coefficient (Wildman–Crippen LogP) is 2.20. The molecule has 0 aliphatic rings. The fraction of sp³-hybridized carbons (Fsp3) is 0.500. The SMILES string of the molecule is CCCNCCS(=O)(=O)Nc1ccc(Br)c(OC)c1. The topological polar surface area (TPSA) is 67.4 Å². The van der Waals surface area contributed by atoms with Crippen LogP contribution in [0.15, 0.2) is 22.7 Å². The number of hydrogen-bond donors (Lipinski definition) is 2. The number of sulfonamides is 1. The molecule has 0 aliphatic heterocycles. The van der Waals surface area contributed by atoms with Crippen molar-refractivity contribution in [2.45, 2.75) is 13.3 Å². The predicted molar refractivity (Wildman–Crippen MR) is 81.3 cm³/mol. The van der Waals surface area contributed by atoms with E-state index >= 15 is 0 Å². The van der Waals surface area contributed by atoms with E-state index in [9.17, 15) is 8.42 Å². The van der Waals surface area contributed by atoms with Crippen molar-refractivity contribution in [3.63, 3.8) is 0 Å². The van der Waals surface area contributed by atoms with Crippen molar-refractivity contribution in [1.82, 2.24) is 5.32 Å². The standard InChI is InChI=1S/C12H19BrN2O3S/c1-3-6-14-7-8-19(16,17)15-10-4-5-11(13)12(9-10)18-2/h4-5,9,14-15H,3,6-8H2,1-2H3. The van der Waals surface area contributed by atoms with Gasteiger partial charge in [0.05, 0.1) is 23.0 Å². The van der Waals surface area contributed by atoms with E-state index in [0.717, 1.165) is 17.4 Å². The molecule has 0 heterocycles. The second-order valence-electron chi connectivity index (χ2n) is 4.02. The molecular weight excluding hydrogens is 332 g/mol. The van der Waals surface area contributed by atoms with Gasteiger partial charge >= 0.3 is 0 Å². The summed E-state index contributed by atoms with van der Waals surface area (Å²) in [5.74, 6) is 0.634. The van der Waals surface area contributed by atoms with Crippen LogP contribution in [0, 0.1) is 0 Å². The summed E-state index contributed by atoms with van der Waals surface area (Å²) < 4.78 is 32.1. The Morgan fingerprint density at radius 1 is 1.32 bits per heavy atom. The van der Waals surface area contributed by atoms with E-state index in [-0.39, 0.29) is 5.75 Å². The lowest BCUT2D eigenvalue weighted by Gasteiger charge is -2.10. The minimum Gasteiger partial charge on any atom is -0.495 e. The van der Waals surface area contributed by atoms with Crippen molar-refractivity contribution in [2.24, 2.45) is 0 Å². The van der Waals surface area contributed by atoms with E-state index in [0.29, 0.717) is 18.0 Å². The van der Waals surface area contributed by atoms with E-state index in [2.05, 4.69) is 26.0 Å². The molecule has 0 atom stereocenters. The first kappa shape index (κ1) is 16.3. The van der Waals surface area contributed by atoms with Gasteiger partial charge in [-0.3, -0.25) is 4.72 Å². The van der Waals surface area contributed by atoms with Gasteiger partial charge in [-0.1, -0.05) is 6.92 Å². The first-order chi connectivity index (χ1) is 8.98. The number of ether oxygens (including phenoxy) is 1. The molecule has 0 saturated carbocycles. The smallest absolute Gasteiger partial charge is 0.233 e. The number of benzene rings is 1. The summed E-state index contributed by atoms with van der Waals surface area (Å²) in [5, 5.41) is 3.06. The van der Waals surface area contributed by atoms with Crippen LogP contribution in [0.1, 0.15) is 13.3 Å². The maximum atomic E-state index is 11.8. The second kappa shape index (κ2) is 7.72. The molecule has 108 valence electrons. The van der Waals surface area contributed by atoms with Crippen LogP contribution in [0.2, 0.25) is 0 Å². The molecule has 2 N–H and O–H groups in total. The van der Waals surface area contributed by atoms with E-state index in [1.807, 2.05) is 6.92 Å². The molecule has 7 heteroatoms. The lowest BCUT2D eigenvalue weighted by atomic mass is 10.3. The minimum atomic E-state index is -3.34. The Kier molecular flexibility index (Phi) is 6.60. The average molecular weight is 351 g/mol. The number of nitrogens with one attached hydrogen (secondary N) is 2. The molecule has 0 radical (unpaired) electrons. The van der Waals surface area contributed by atoms with Gasteiger partial charge in [-0.15, -0.1) is 0 Å². The fourth-order valence-corrected chi connectivity index (χ4v) is 2.87. The van der Waals surface area contributed by atoms with Crippen LogP contribution in [0.25, 0.3) is 0 Å². The van der Waals surface area contributed by atoms with Gasteiger partial charge in [0.15, 0.2) is 0 Å². The zero-order chi connectivity index (χ0) is 14.3. The molecule has 0 saturated heterocycles. The second-order valence-corrected chi connectivity index (χ2v) is 6.72. The monoisotopic (exact) mass is 350 g/mol. The Labute approximate surface area is 122 Å². The third-order valence-electron chi connectivity index (χ3n) is 2.40. The van der Waals surface area contributed by atoms with Crippen molar-refractivity contribution in [1.29, 1.82) is 0 Å². The van der Waals surface area contributed by atoms with Gasteiger partial charge < -0.3 is 10.1 Å². The van der Waals surface area contributed by atoms with E-state index in [1.54, 1.807) is 18.2 Å². The lowest BCUT2D eigenvalue weighted by Crippen LogP contribution is -2.27. The first-order valence-corrected chi connectivity index (χ1v) is 8.47. The number of methoxy groups -OCH3 is 1. The van der Waals surface area contributed by atoms with Crippen molar-refractivity contribution >= 4 is 31.6 Å². The van der Waals surface area contributed by atoms with Crippen molar-refractivity contribution in [2.75, 3.05) is 30.7 Å². The Morgan fingerprint density at radius 3 is 2.68 bits per heavy atom. The largest absolute Gasteiger partial charge is 0.495 e. The van der Waals surface area contributed by atoms with Gasteiger partial charge in [-0.05, 0) is 41.0 Å². The van der Waals surface area contributed by atoms with Gasteiger partial charge in [0.1, 0.15) is 5.75 Å². The summed E-state index contributed by atoms with van der Waals surface area (Å²) in [6, 6.07) is 5.07. The molecule has 5 nitrogen and oxygen atoms in total. The molecule has 0 fully saturated rings. The number of hydrogen-bond acceptors (Lipinski definition) is 4. The van der Waals surface area contributed by atoms with Crippen LogP contribution in [-0.4, -0.2) is 34.4 Å². The van der Waals surface area contributed by atoms with Crippen molar-refractivity contribution in [3.05, 3.63) is 22.7 Å². The summed E-state index contributed by atoms with van der Waals surface area (Å²) in [6.07, 6.45) is 0.984. The molecule has 1 rings (SSSR count). The highest BCUT2D eigenvalue weighted by atomic mass is 79.9. The summed E-state index contributed by atoms with van der Waals surface area (Å²) >= 11 is 3.32. The fourth-order valence-electron chi connectivity index (χ4n) is 1.46. The van der Waals surface area contributed by atoms with Crippen LogP contribution >= 0.6 is 15.9 Å². The van der Waals surface area contributed by atoms with Crippen LogP contribution < -0.4 is 14.8 Å². The van der Waals surface area contributed by atoms with Gasteiger partial charge in [-0.25, -0.2) is 8.42 Å². The van der Waals surface area contributed by atoms with Crippen LogP contribution in [0.4, 0.5) is 5.69 Å². The molecule has 1 aromatic carbocycles. The first-order valence-electron chi connectivity index (χ1n) is 6.03. The molecule has 0 unspecified atom stereocenters. The van der Waals surface area contributed by atoms with E-state index in [1.165, 1.54) is 7.11 Å². The molecule has 0 amide bonds. The maximum absolute atomic E-state index is 11.8. The van der Waals surface area contributed by atoms with E-state index in [4.69, 9.17) is 4.74 Å². The molecule has 19 heavy (non-hydrogen) atoms. The van der Waals surface area contributed by atoms with Gasteiger partial charge in [0, 0.05) is 12.6 Å². The Hall–Kier alpha value is -0.790. The molecule has 0 aliphatic carbocycles. The number of anilines is 1. The van der Waals surface area contributed by atoms with Gasteiger partial charge in [-0.2, -0.15) is 0 Å². The third kappa shape index (κ3) is 5.80. The zero-order valence-electron chi connectivity index (χ0n) is 11.1. The van der Waals surface area contributed by atoms with E-state index < -0.39 is 10.0 Å². The summed E-state index contributed by atoms with van der Waals surface area (Å²) in [7, 11) is -1.80. The van der Waals surface area contributed by atoms with Crippen molar-refractivity contribution in [3.8, 4) is 5.75 Å². The number of halogens is 1. The molecule has 0 spiro atoms. The van der Waals surface area contributed by atoms with Crippen molar-refractivity contribution < 1.29 is 13.2 Å². The Balaban J connectivity index is 2.62. The highest BCUT2D eigenvalue weighted by molar-refractivity contribution is 9.10. The zero-order valence-corrected chi connectivity index (χ0v) is 13.5. The Morgan fingerprint density at radius 2 is 2.05 bits per heavy atom. The average Bonchev–Trinajstić information content (AvgIpc) is 2.37. The highest BCUT2D eigenvalue weighted by Gasteiger charge is 2.11. The summed E-state index contributed by atoms with van der Waals surface area (Å²) in [6.45, 7) is 3.30. The van der Waals surface area contributed by atoms with Gasteiger partial charge in [0.25, 0.3) is 0 Å². The molecule has 0 aromatic heterocycles. The quantitative estimate of drug-likeness (QED) is 0.705. The maximum Gasteiger partial charge on any atom is 0.233 e. The highest BCUT2D eigenvalue weighted by Crippen LogP contribution is 2.28. The summed E-state index contributed by atoms with van der Waals surface area (Å²) in [4.78, 5) is 0. The third-order valence-corrected chi connectivity index (χ3v) is 4.34. The van der Waals surface area contributed by atoms with Gasteiger partial charge in [0.2, 0.25) is 10.0 Å². The molecular formula is C12H19BrN2O3S. The summed E-state index contributed by atoms with van der Waals surface area (Å²) in [5.41, 5.74) is 0.496. The minimum absolute atomic E-state index is 0.0470. The van der Waals surface area contributed by atoms with Crippen LogP contribution in [0.3, 0.4) is 0 Å². The number of rotatable bonds is 8. The normalized spacial score (nSPS) is 11.3. The molecule has 1 aromatic rings. The van der Waals surface area contributed by atoms with Crippen LogP contribution in [0.5, 0.6) is 5.75 Å².